The maximum atomic E-state index is 12.8. The average molecular weight is 193 g/mol. The molecule has 0 saturated heterocycles. The summed E-state index contributed by atoms with van der Waals surface area (Å²) in [6, 6.07) is 0.940. The van der Waals surface area contributed by atoms with Crippen LogP contribution in [0.1, 0.15) is 6.92 Å². The van der Waals surface area contributed by atoms with E-state index in [0.717, 1.165) is 6.07 Å². The molecular weight excluding hydrogens is 187 g/mol. The summed E-state index contributed by atoms with van der Waals surface area (Å²) in [6.07, 6.45) is 0. The summed E-state index contributed by atoms with van der Waals surface area (Å²) in [7, 11) is 0. The van der Waals surface area contributed by atoms with Crippen molar-refractivity contribution in [2.75, 3.05) is 6.67 Å². The molecule has 0 rings (SSSR count). The molecule has 0 amide bonds. The predicted molar refractivity (Wildman–Crippen MR) is 36.9 cm³/mol. The van der Waals surface area contributed by atoms with Gasteiger partial charge >= 0.3 is 5.97 Å². The van der Waals surface area contributed by atoms with E-state index in [1.165, 1.54) is 0 Å². The van der Waals surface area contributed by atoms with Crippen molar-refractivity contribution in [3.63, 3.8) is 0 Å². The van der Waals surface area contributed by atoms with E-state index in [1.807, 2.05) is 0 Å². The number of nitriles is 1. The summed E-state index contributed by atoms with van der Waals surface area (Å²) in [5.74, 6) is -3.82. The predicted octanol–water partition coefficient (Wildman–Crippen LogP) is 1.52. The second-order valence-corrected chi connectivity index (χ2v) is 2.44. The quantitative estimate of drug-likeness (QED) is 0.545. The van der Waals surface area contributed by atoms with Gasteiger partial charge in [0.05, 0.1) is 0 Å². The van der Waals surface area contributed by atoms with E-state index in [0.29, 0.717) is 6.92 Å². The Hall–Kier alpha value is -1.51. The highest BCUT2D eigenvalue weighted by atomic mass is 19.2. The number of carboxylic acids is 1. The Bertz CT molecular complexity index is 291. The normalized spacial score (nSPS) is 16.8. The van der Waals surface area contributed by atoms with Crippen LogP contribution < -0.4 is 0 Å². The molecule has 0 aliphatic rings. The molecule has 0 heterocycles. The highest BCUT2D eigenvalue weighted by Crippen LogP contribution is 2.26. The molecule has 1 atom stereocenters. The lowest BCUT2D eigenvalue weighted by Gasteiger charge is -2.13. The van der Waals surface area contributed by atoms with Crippen molar-refractivity contribution in [3.8, 4) is 6.07 Å². The number of hydrogen-bond donors (Lipinski definition) is 1. The number of allylic oxidation sites excluding steroid dienone is 1. The van der Waals surface area contributed by atoms with Gasteiger partial charge in [-0.15, -0.1) is 0 Å². The monoisotopic (exact) mass is 193 g/mol. The van der Waals surface area contributed by atoms with Gasteiger partial charge in [0.2, 0.25) is 0 Å². The van der Waals surface area contributed by atoms with Crippen molar-refractivity contribution in [2.45, 2.75) is 12.6 Å². The Morgan fingerprint density at radius 3 is 2.38 bits per heavy atom. The largest absolute Gasteiger partial charge is 0.477 e. The Morgan fingerprint density at radius 2 is 2.15 bits per heavy atom. The first kappa shape index (κ1) is 11.5. The molecule has 0 bridgehead atoms. The summed E-state index contributed by atoms with van der Waals surface area (Å²) in [5, 5.41) is 16.3. The number of alkyl halides is 2. The third-order valence-electron chi connectivity index (χ3n) is 1.25. The van der Waals surface area contributed by atoms with Gasteiger partial charge in [0.1, 0.15) is 12.7 Å². The molecule has 0 radical (unpaired) electrons. The van der Waals surface area contributed by atoms with Crippen LogP contribution in [-0.4, -0.2) is 23.4 Å². The summed E-state index contributed by atoms with van der Waals surface area (Å²) < 4.78 is 37.4. The minimum Gasteiger partial charge on any atom is -0.477 e. The highest BCUT2D eigenvalue weighted by Gasteiger charge is 2.34. The average Bonchev–Trinajstić information content (AvgIpc) is 2.05. The molecule has 0 aromatic rings. The Balaban J connectivity index is 5.23. The van der Waals surface area contributed by atoms with Gasteiger partial charge < -0.3 is 5.11 Å². The molecule has 6 heteroatoms. The second-order valence-electron chi connectivity index (χ2n) is 2.44. The topological polar surface area (TPSA) is 61.1 Å². The van der Waals surface area contributed by atoms with Gasteiger partial charge in [-0.2, -0.15) is 5.26 Å². The number of rotatable bonds is 3. The smallest absolute Gasteiger partial charge is 0.349 e. The maximum Gasteiger partial charge on any atom is 0.349 e. The molecule has 1 unspecified atom stereocenters. The van der Waals surface area contributed by atoms with Gasteiger partial charge in [-0.05, 0) is 6.92 Å². The van der Waals surface area contributed by atoms with Crippen molar-refractivity contribution in [1.29, 1.82) is 5.26 Å². The maximum absolute atomic E-state index is 12.8. The van der Waals surface area contributed by atoms with E-state index in [-0.39, 0.29) is 0 Å². The van der Waals surface area contributed by atoms with Crippen molar-refractivity contribution in [3.05, 3.63) is 11.4 Å². The molecule has 72 valence electrons. The van der Waals surface area contributed by atoms with Crippen LogP contribution in [0.2, 0.25) is 0 Å². The Morgan fingerprint density at radius 1 is 1.69 bits per heavy atom. The zero-order valence-corrected chi connectivity index (χ0v) is 6.64. The van der Waals surface area contributed by atoms with E-state index < -0.39 is 29.7 Å². The van der Waals surface area contributed by atoms with E-state index in [1.54, 1.807) is 0 Å². The Kier molecular flexibility index (Phi) is 3.48. The first-order valence-electron chi connectivity index (χ1n) is 3.15. The standard InChI is InChI=1S/C7H6F3NO2/c1-7(10,3-8)5(9)4(2-11)6(12)13/h3H2,1H3,(H,12,13). The van der Waals surface area contributed by atoms with Gasteiger partial charge in [0.25, 0.3) is 0 Å². The summed E-state index contributed by atoms with van der Waals surface area (Å²) >= 11 is 0. The van der Waals surface area contributed by atoms with E-state index in [2.05, 4.69) is 0 Å². The van der Waals surface area contributed by atoms with Gasteiger partial charge in [-0.1, -0.05) is 0 Å². The number of aliphatic carboxylic acids is 1. The summed E-state index contributed by atoms with van der Waals surface area (Å²) in [4.78, 5) is 10.1. The minimum atomic E-state index is -3.05. The molecule has 13 heavy (non-hydrogen) atoms. The lowest BCUT2D eigenvalue weighted by Crippen LogP contribution is -2.24. The fraction of sp³-hybridized carbons (Fsp3) is 0.429. The zero-order valence-electron chi connectivity index (χ0n) is 6.64. The van der Waals surface area contributed by atoms with Crippen molar-refractivity contribution in [1.82, 2.24) is 0 Å². The lowest BCUT2D eigenvalue weighted by molar-refractivity contribution is -0.132. The van der Waals surface area contributed by atoms with Crippen molar-refractivity contribution >= 4 is 5.97 Å². The van der Waals surface area contributed by atoms with Crippen LogP contribution in [0.3, 0.4) is 0 Å². The number of halogens is 3. The van der Waals surface area contributed by atoms with Crippen molar-refractivity contribution in [2.24, 2.45) is 0 Å². The van der Waals surface area contributed by atoms with Crippen LogP contribution in [0.5, 0.6) is 0 Å². The van der Waals surface area contributed by atoms with E-state index in [4.69, 9.17) is 10.4 Å². The van der Waals surface area contributed by atoms with Crippen molar-refractivity contribution < 1.29 is 23.1 Å². The van der Waals surface area contributed by atoms with E-state index in [9.17, 15) is 18.0 Å². The molecule has 1 N–H and O–H groups in total. The molecule has 0 aromatic carbocycles. The van der Waals surface area contributed by atoms with Gasteiger partial charge in [0.15, 0.2) is 17.1 Å². The van der Waals surface area contributed by atoms with Crippen LogP contribution in [0, 0.1) is 11.3 Å². The van der Waals surface area contributed by atoms with Crippen LogP contribution in [0.15, 0.2) is 11.4 Å². The summed E-state index contributed by atoms with van der Waals surface area (Å²) in [6.45, 7) is -1.21. The number of carbonyl (C=O) groups is 1. The molecule has 3 nitrogen and oxygen atoms in total. The second kappa shape index (κ2) is 3.94. The molecular formula is C7H6F3NO2. The van der Waals surface area contributed by atoms with E-state index >= 15 is 0 Å². The third-order valence-corrected chi connectivity index (χ3v) is 1.25. The lowest BCUT2D eigenvalue weighted by atomic mass is 10.1. The highest BCUT2D eigenvalue weighted by molar-refractivity contribution is 5.91. The van der Waals surface area contributed by atoms with Gasteiger partial charge in [-0.25, -0.2) is 18.0 Å². The molecule has 0 saturated carbocycles. The first-order chi connectivity index (χ1) is 5.86. The van der Waals surface area contributed by atoms with Crippen LogP contribution in [0.25, 0.3) is 0 Å². The molecule has 0 aliphatic carbocycles. The number of hydrogen-bond acceptors (Lipinski definition) is 2. The van der Waals surface area contributed by atoms with Gasteiger partial charge in [0, 0.05) is 0 Å². The SMILES string of the molecule is CC(F)(CF)C(F)=C(C#N)C(=O)O. The summed E-state index contributed by atoms with van der Waals surface area (Å²) in [5.41, 5.74) is -4.47. The molecule has 0 aliphatic heterocycles. The fourth-order valence-corrected chi connectivity index (χ4v) is 0.510. The third kappa shape index (κ3) is 2.47. The van der Waals surface area contributed by atoms with Crippen LogP contribution in [-0.2, 0) is 4.79 Å². The van der Waals surface area contributed by atoms with Crippen LogP contribution >= 0.6 is 0 Å². The fourth-order valence-electron chi connectivity index (χ4n) is 0.510. The van der Waals surface area contributed by atoms with Crippen LogP contribution in [0.4, 0.5) is 13.2 Å². The molecule has 0 spiro atoms. The molecule has 0 fully saturated rings. The number of nitrogens with zero attached hydrogens (tertiary/aromatic N) is 1. The Labute approximate surface area is 72.1 Å². The first-order valence-corrected chi connectivity index (χ1v) is 3.15. The zero-order chi connectivity index (χ0) is 10.6. The molecule has 0 aromatic heterocycles. The minimum absolute atomic E-state index is 0.516. The van der Waals surface area contributed by atoms with Gasteiger partial charge in [-0.3, -0.25) is 0 Å². The number of carboxylic acid groups (broad SMARTS) is 1.